The predicted octanol–water partition coefficient (Wildman–Crippen LogP) is 2.05. The molecule has 0 aromatic carbocycles. The van der Waals surface area contributed by atoms with E-state index in [0.717, 1.165) is 12.8 Å². The van der Waals surface area contributed by atoms with E-state index in [1.54, 1.807) is 23.9 Å². The molecule has 0 aliphatic heterocycles. The maximum atomic E-state index is 12.5. The summed E-state index contributed by atoms with van der Waals surface area (Å²) in [5.41, 5.74) is -1.41. The van der Waals surface area contributed by atoms with Crippen LogP contribution in [0.4, 0.5) is 5.82 Å². The molecule has 2 atom stereocenters. The Bertz CT molecular complexity index is 603. The number of carbonyl (C=O) groups is 1. The first-order valence-corrected chi connectivity index (χ1v) is 7.24. The molecule has 1 aromatic rings. The molecular weight excluding hydrogens is 270 g/mol. The van der Waals surface area contributed by atoms with Crippen molar-refractivity contribution in [3.05, 3.63) is 22.7 Å². The molecular formula is C15H23N3O3. The fourth-order valence-electron chi connectivity index (χ4n) is 2.86. The van der Waals surface area contributed by atoms with Crippen molar-refractivity contribution in [3.8, 4) is 0 Å². The van der Waals surface area contributed by atoms with E-state index in [9.17, 15) is 14.7 Å². The minimum atomic E-state index is -0.851. The predicted molar refractivity (Wildman–Crippen MR) is 80.5 cm³/mol. The summed E-state index contributed by atoms with van der Waals surface area (Å²) in [7, 11) is 0. The van der Waals surface area contributed by atoms with E-state index in [0.29, 0.717) is 6.42 Å². The van der Waals surface area contributed by atoms with Crippen molar-refractivity contribution in [2.45, 2.75) is 58.5 Å². The molecule has 2 rings (SSSR count). The zero-order valence-electron chi connectivity index (χ0n) is 13.0. The van der Waals surface area contributed by atoms with Gasteiger partial charge in [0, 0.05) is 24.0 Å². The Morgan fingerprint density at radius 3 is 2.76 bits per heavy atom. The van der Waals surface area contributed by atoms with Gasteiger partial charge >= 0.3 is 5.97 Å². The van der Waals surface area contributed by atoms with Crippen LogP contribution in [-0.2, 0) is 10.3 Å². The van der Waals surface area contributed by atoms with Crippen molar-refractivity contribution in [1.29, 1.82) is 0 Å². The van der Waals surface area contributed by atoms with Crippen LogP contribution < -0.4 is 10.9 Å². The zero-order chi connectivity index (χ0) is 15.8. The third-order valence-corrected chi connectivity index (χ3v) is 4.32. The third kappa shape index (κ3) is 2.80. The summed E-state index contributed by atoms with van der Waals surface area (Å²) in [6.07, 6.45) is 5.40. The largest absolute Gasteiger partial charge is 0.481 e. The molecule has 0 spiro atoms. The van der Waals surface area contributed by atoms with E-state index in [-0.39, 0.29) is 23.0 Å². The van der Waals surface area contributed by atoms with Gasteiger partial charge in [-0.3, -0.25) is 9.59 Å². The summed E-state index contributed by atoms with van der Waals surface area (Å²) in [5, 5.41) is 12.5. The van der Waals surface area contributed by atoms with Crippen LogP contribution in [0.3, 0.4) is 0 Å². The number of aromatic nitrogens is 2. The highest BCUT2D eigenvalue weighted by Crippen LogP contribution is 2.39. The highest BCUT2D eigenvalue weighted by molar-refractivity contribution is 5.76. The Kier molecular flexibility index (Phi) is 3.82. The second-order valence-corrected chi connectivity index (χ2v) is 6.93. The van der Waals surface area contributed by atoms with E-state index in [1.807, 2.05) is 20.8 Å². The number of hydrogen-bond donors (Lipinski definition) is 2. The normalized spacial score (nSPS) is 25.8. The number of carboxylic acids is 1. The van der Waals surface area contributed by atoms with Crippen LogP contribution in [0.15, 0.2) is 17.2 Å². The van der Waals surface area contributed by atoms with Crippen LogP contribution in [0.1, 0.15) is 47.0 Å². The van der Waals surface area contributed by atoms with Crippen LogP contribution in [-0.4, -0.2) is 26.7 Å². The Labute approximate surface area is 124 Å². The van der Waals surface area contributed by atoms with E-state index in [1.165, 1.54) is 0 Å². The second kappa shape index (κ2) is 5.16. The molecule has 1 aromatic heterocycles. The van der Waals surface area contributed by atoms with E-state index < -0.39 is 11.4 Å². The van der Waals surface area contributed by atoms with Gasteiger partial charge in [-0.15, -0.1) is 0 Å². The molecule has 1 saturated carbocycles. The van der Waals surface area contributed by atoms with Crippen LogP contribution >= 0.6 is 0 Å². The summed E-state index contributed by atoms with van der Waals surface area (Å²) in [4.78, 5) is 28.1. The maximum Gasteiger partial charge on any atom is 0.311 e. The number of anilines is 1. The van der Waals surface area contributed by atoms with Crippen molar-refractivity contribution < 1.29 is 9.90 Å². The monoisotopic (exact) mass is 293 g/mol. The first-order valence-electron chi connectivity index (χ1n) is 7.24. The van der Waals surface area contributed by atoms with Gasteiger partial charge in [-0.1, -0.05) is 6.42 Å². The number of carboxylic acid groups (broad SMARTS) is 1. The lowest BCUT2D eigenvalue weighted by molar-refractivity contribution is -0.147. The Morgan fingerprint density at radius 2 is 2.19 bits per heavy atom. The lowest BCUT2D eigenvalue weighted by atomic mass is 9.85. The average molecular weight is 293 g/mol. The molecule has 2 unspecified atom stereocenters. The van der Waals surface area contributed by atoms with E-state index in [4.69, 9.17) is 0 Å². The molecule has 0 radical (unpaired) electrons. The third-order valence-electron chi connectivity index (χ3n) is 4.32. The number of rotatable bonds is 3. The Morgan fingerprint density at radius 1 is 1.52 bits per heavy atom. The summed E-state index contributed by atoms with van der Waals surface area (Å²) in [5.74, 6) is -0.601. The number of nitrogens with zero attached hydrogens (tertiary/aromatic N) is 2. The molecule has 0 saturated heterocycles. The van der Waals surface area contributed by atoms with Crippen molar-refractivity contribution in [2.75, 3.05) is 5.32 Å². The van der Waals surface area contributed by atoms with Gasteiger partial charge in [-0.2, -0.15) is 0 Å². The summed E-state index contributed by atoms with van der Waals surface area (Å²) >= 11 is 0. The van der Waals surface area contributed by atoms with Gasteiger partial charge in [0.1, 0.15) is 0 Å². The molecule has 6 heteroatoms. The highest BCUT2D eigenvalue weighted by atomic mass is 16.4. The molecule has 1 fully saturated rings. The molecule has 116 valence electrons. The summed E-state index contributed by atoms with van der Waals surface area (Å²) in [6, 6.07) is -0.272. The summed E-state index contributed by atoms with van der Waals surface area (Å²) < 4.78 is 1.61. The van der Waals surface area contributed by atoms with Gasteiger partial charge in [0.15, 0.2) is 5.82 Å². The van der Waals surface area contributed by atoms with Gasteiger partial charge in [0.05, 0.1) is 5.41 Å². The highest BCUT2D eigenvalue weighted by Gasteiger charge is 2.45. The average Bonchev–Trinajstić information content (AvgIpc) is 2.73. The quantitative estimate of drug-likeness (QED) is 0.891. The van der Waals surface area contributed by atoms with E-state index >= 15 is 0 Å². The zero-order valence-corrected chi connectivity index (χ0v) is 13.0. The fraction of sp³-hybridized carbons (Fsp3) is 0.667. The number of aliphatic carboxylic acids is 1. The fourth-order valence-corrected chi connectivity index (χ4v) is 2.86. The molecule has 0 bridgehead atoms. The van der Waals surface area contributed by atoms with Crippen molar-refractivity contribution in [3.63, 3.8) is 0 Å². The van der Waals surface area contributed by atoms with E-state index in [2.05, 4.69) is 10.3 Å². The standard InChI is InChI=1S/C15H23N3O3/c1-14(2,3)18-9-8-16-11(12(18)19)17-10-6-5-7-15(10,4)13(20)21/h8-10H,5-7H2,1-4H3,(H,16,17)(H,20,21). The van der Waals surface area contributed by atoms with Crippen molar-refractivity contribution in [1.82, 2.24) is 9.55 Å². The van der Waals surface area contributed by atoms with Crippen LogP contribution in [0.2, 0.25) is 0 Å². The summed E-state index contributed by atoms with van der Waals surface area (Å²) in [6.45, 7) is 7.55. The van der Waals surface area contributed by atoms with Crippen LogP contribution in [0, 0.1) is 5.41 Å². The first-order chi connectivity index (χ1) is 9.66. The molecule has 21 heavy (non-hydrogen) atoms. The van der Waals surface area contributed by atoms with Gasteiger partial charge in [0.25, 0.3) is 5.56 Å². The van der Waals surface area contributed by atoms with Gasteiger partial charge in [0.2, 0.25) is 0 Å². The minimum Gasteiger partial charge on any atom is -0.481 e. The number of hydrogen-bond acceptors (Lipinski definition) is 4. The van der Waals surface area contributed by atoms with Gasteiger partial charge < -0.3 is 15.0 Å². The van der Waals surface area contributed by atoms with Gasteiger partial charge in [-0.25, -0.2) is 4.98 Å². The topological polar surface area (TPSA) is 84.2 Å². The maximum absolute atomic E-state index is 12.5. The van der Waals surface area contributed by atoms with Crippen molar-refractivity contribution in [2.24, 2.45) is 5.41 Å². The molecule has 6 nitrogen and oxygen atoms in total. The molecule has 1 aliphatic carbocycles. The van der Waals surface area contributed by atoms with Gasteiger partial charge in [-0.05, 0) is 40.5 Å². The lowest BCUT2D eigenvalue weighted by Crippen LogP contribution is -2.43. The van der Waals surface area contributed by atoms with Crippen LogP contribution in [0.5, 0.6) is 0 Å². The number of nitrogens with one attached hydrogen (secondary N) is 1. The molecule has 1 aliphatic rings. The Hall–Kier alpha value is -1.85. The SMILES string of the molecule is CC1(C(=O)O)CCCC1Nc1nccn(C(C)(C)C)c1=O. The molecule has 1 heterocycles. The van der Waals surface area contributed by atoms with Crippen molar-refractivity contribution >= 4 is 11.8 Å². The minimum absolute atomic E-state index is 0.218. The molecule has 0 amide bonds. The molecule has 2 N–H and O–H groups in total. The van der Waals surface area contributed by atoms with Crippen LogP contribution in [0.25, 0.3) is 0 Å². The Balaban J connectivity index is 2.33. The second-order valence-electron chi connectivity index (χ2n) is 6.93. The lowest BCUT2D eigenvalue weighted by Gasteiger charge is -2.28. The smallest absolute Gasteiger partial charge is 0.311 e. The first kappa shape index (κ1) is 15.5.